The molecule has 126 valence electrons. The average molecular weight is 324 g/mol. The molecule has 1 aromatic carbocycles. The maximum absolute atomic E-state index is 12.3. The van der Waals surface area contributed by atoms with E-state index in [1.165, 1.54) is 21.1 Å². The van der Waals surface area contributed by atoms with Crippen LogP contribution in [0.25, 0.3) is 0 Å². The monoisotopic (exact) mass is 324 g/mol. The van der Waals surface area contributed by atoms with Gasteiger partial charge in [-0.3, -0.25) is 10.1 Å². The second-order valence-electron chi connectivity index (χ2n) is 4.43. The number of imide groups is 1. The molecule has 8 heteroatoms. The Morgan fingerprint density at radius 2 is 1.70 bits per heavy atom. The molecule has 0 unspecified atom stereocenters. The summed E-state index contributed by atoms with van der Waals surface area (Å²) in [5, 5.41) is 4.47. The van der Waals surface area contributed by atoms with Gasteiger partial charge in [0.25, 0.3) is 5.91 Å². The highest BCUT2D eigenvalue weighted by Crippen LogP contribution is 2.29. The number of amides is 3. The molecule has 1 rings (SSSR count). The van der Waals surface area contributed by atoms with Gasteiger partial charge in [-0.05, 0) is 26.0 Å². The van der Waals surface area contributed by atoms with Gasteiger partial charge >= 0.3 is 12.0 Å². The molecule has 23 heavy (non-hydrogen) atoms. The maximum atomic E-state index is 12.3. The average Bonchev–Trinajstić information content (AvgIpc) is 2.53. The van der Waals surface area contributed by atoms with Crippen LogP contribution in [0.3, 0.4) is 0 Å². The van der Waals surface area contributed by atoms with Gasteiger partial charge in [0.1, 0.15) is 17.1 Å². The van der Waals surface area contributed by atoms with Gasteiger partial charge in [0.05, 0.1) is 14.2 Å². The SMILES string of the molecule is CCNC(=O)NC(=O)[C@H](C)OC(=O)c1c(OC)cccc1OC. The summed E-state index contributed by atoms with van der Waals surface area (Å²) in [6.45, 7) is 3.43. The third kappa shape index (κ3) is 4.87. The number of carbonyl (C=O) groups excluding carboxylic acids is 3. The van der Waals surface area contributed by atoms with Crippen LogP contribution in [0, 0.1) is 0 Å². The van der Waals surface area contributed by atoms with Gasteiger partial charge in [-0.15, -0.1) is 0 Å². The van der Waals surface area contributed by atoms with E-state index in [2.05, 4.69) is 10.6 Å². The van der Waals surface area contributed by atoms with Crippen molar-refractivity contribution in [3.05, 3.63) is 23.8 Å². The predicted octanol–water partition coefficient (Wildman–Crippen LogP) is 1.09. The summed E-state index contributed by atoms with van der Waals surface area (Å²) < 4.78 is 15.3. The summed E-state index contributed by atoms with van der Waals surface area (Å²) in [7, 11) is 2.80. The third-order valence-corrected chi connectivity index (χ3v) is 2.86. The molecule has 2 N–H and O–H groups in total. The fourth-order valence-corrected chi connectivity index (χ4v) is 1.74. The third-order valence-electron chi connectivity index (χ3n) is 2.86. The molecule has 0 aliphatic heterocycles. The lowest BCUT2D eigenvalue weighted by Gasteiger charge is -2.16. The Morgan fingerprint density at radius 3 is 2.17 bits per heavy atom. The molecule has 1 aromatic rings. The Labute approximate surface area is 134 Å². The van der Waals surface area contributed by atoms with Crippen molar-refractivity contribution < 1.29 is 28.6 Å². The van der Waals surface area contributed by atoms with Gasteiger partial charge in [0, 0.05) is 6.54 Å². The number of hydrogen-bond donors (Lipinski definition) is 2. The van der Waals surface area contributed by atoms with Gasteiger partial charge in [-0.2, -0.15) is 0 Å². The normalized spacial score (nSPS) is 11.1. The number of carbonyl (C=O) groups is 3. The summed E-state index contributed by atoms with van der Waals surface area (Å²) in [5.41, 5.74) is 0.0650. The molecular formula is C15H20N2O6. The largest absolute Gasteiger partial charge is 0.496 e. The number of benzene rings is 1. The fraction of sp³-hybridized carbons (Fsp3) is 0.400. The Balaban J connectivity index is 2.83. The van der Waals surface area contributed by atoms with Crippen LogP contribution in [0.1, 0.15) is 24.2 Å². The minimum absolute atomic E-state index is 0.0650. The van der Waals surface area contributed by atoms with E-state index < -0.39 is 24.0 Å². The molecule has 0 saturated heterocycles. The van der Waals surface area contributed by atoms with E-state index in [1.54, 1.807) is 25.1 Å². The molecule has 0 radical (unpaired) electrons. The molecule has 0 saturated carbocycles. The van der Waals surface area contributed by atoms with Crippen molar-refractivity contribution in [2.75, 3.05) is 20.8 Å². The molecule has 8 nitrogen and oxygen atoms in total. The summed E-state index contributed by atoms with van der Waals surface area (Å²) in [4.78, 5) is 35.4. The van der Waals surface area contributed by atoms with E-state index in [0.717, 1.165) is 0 Å². The second kappa shape index (κ2) is 8.62. The lowest BCUT2D eigenvalue weighted by molar-refractivity contribution is -0.127. The summed E-state index contributed by atoms with van der Waals surface area (Å²) in [5.74, 6) is -1.02. The molecular weight excluding hydrogens is 304 g/mol. The topological polar surface area (TPSA) is 103 Å². The lowest BCUT2D eigenvalue weighted by Crippen LogP contribution is -2.44. The molecule has 1 atom stereocenters. The summed E-state index contributed by atoms with van der Waals surface area (Å²) >= 11 is 0. The van der Waals surface area contributed by atoms with Crippen LogP contribution in [0.4, 0.5) is 4.79 Å². The first-order valence-corrected chi connectivity index (χ1v) is 6.95. The fourth-order valence-electron chi connectivity index (χ4n) is 1.74. The van der Waals surface area contributed by atoms with Gasteiger partial charge in [-0.1, -0.05) is 6.07 Å². The summed E-state index contributed by atoms with van der Waals surface area (Å²) in [6, 6.07) is 4.13. The molecule has 0 spiro atoms. The van der Waals surface area contributed by atoms with E-state index in [1.807, 2.05) is 0 Å². The van der Waals surface area contributed by atoms with Crippen molar-refractivity contribution in [3.63, 3.8) is 0 Å². The van der Waals surface area contributed by atoms with E-state index in [-0.39, 0.29) is 17.1 Å². The lowest BCUT2D eigenvalue weighted by atomic mass is 10.1. The number of ether oxygens (including phenoxy) is 3. The zero-order valence-electron chi connectivity index (χ0n) is 13.5. The number of rotatable bonds is 6. The number of methoxy groups -OCH3 is 2. The molecule has 0 aliphatic carbocycles. The Bertz CT molecular complexity index is 565. The van der Waals surface area contributed by atoms with Crippen LogP contribution in [-0.4, -0.2) is 44.8 Å². The smallest absolute Gasteiger partial charge is 0.346 e. The molecule has 0 aromatic heterocycles. The van der Waals surface area contributed by atoms with Crippen molar-refractivity contribution in [1.29, 1.82) is 0 Å². The van der Waals surface area contributed by atoms with E-state index in [0.29, 0.717) is 6.54 Å². The molecule has 0 aliphatic rings. The highest BCUT2D eigenvalue weighted by Gasteiger charge is 2.25. The number of nitrogens with one attached hydrogen (secondary N) is 2. The first-order valence-electron chi connectivity index (χ1n) is 6.95. The maximum Gasteiger partial charge on any atom is 0.346 e. The number of hydrogen-bond acceptors (Lipinski definition) is 6. The molecule has 3 amide bonds. The molecule has 0 heterocycles. The van der Waals surface area contributed by atoms with Crippen molar-refractivity contribution in [2.24, 2.45) is 0 Å². The van der Waals surface area contributed by atoms with E-state index >= 15 is 0 Å². The molecule has 0 fully saturated rings. The Morgan fingerprint density at radius 1 is 1.13 bits per heavy atom. The van der Waals surface area contributed by atoms with Gasteiger partial charge in [-0.25, -0.2) is 9.59 Å². The van der Waals surface area contributed by atoms with Crippen molar-refractivity contribution in [3.8, 4) is 11.5 Å². The quantitative estimate of drug-likeness (QED) is 0.760. The minimum atomic E-state index is -1.17. The zero-order valence-corrected chi connectivity index (χ0v) is 13.5. The van der Waals surface area contributed by atoms with Crippen LogP contribution >= 0.6 is 0 Å². The number of esters is 1. The Hall–Kier alpha value is -2.77. The Kier molecular flexibility index (Phi) is 6.85. The predicted molar refractivity (Wildman–Crippen MR) is 81.6 cm³/mol. The zero-order chi connectivity index (χ0) is 17.4. The van der Waals surface area contributed by atoms with E-state index in [9.17, 15) is 14.4 Å². The van der Waals surface area contributed by atoms with Crippen LogP contribution in [0.5, 0.6) is 11.5 Å². The highest BCUT2D eigenvalue weighted by atomic mass is 16.6. The van der Waals surface area contributed by atoms with Gasteiger partial charge in [0.2, 0.25) is 0 Å². The number of urea groups is 1. The standard InChI is InChI=1S/C15H20N2O6/c1-5-16-15(20)17-13(18)9(2)23-14(19)12-10(21-3)7-6-8-11(12)22-4/h6-9H,5H2,1-4H3,(H2,16,17,18,20)/t9-/m0/s1. The van der Waals surface area contributed by atoms with Gasteiger partial charge < -0.3 is 19.5 Å². The van der Waals surface area contributed by atoms with Crippen molar-refractivity contribution >= 4 is 17.9 Å². The van der Waals surface area contributed by atoms with Crippen LogP contribution in [0.2, 0.25) is 0 Å². The van der Waals surface area contributed by atoms with Crippen molar-refractivity contribution in [1.82, 2.24) is 10.6 Å². The highest BCUT2D eigenvalue weighted by molar-refractivity contribution is 6.00. The minimum Gasteiger partial charge on any atom is -0.496 e. The van der Waals surface area contributed by atoms with Crippen LogP contribution in [-0.2, 0) is 9.53 Å². The first kappa shape index (κ1) is 18.3. The summed E-state index contributed by atoms with van der Waals surface area (Å²) in [6.07, 6.45) is -1.17. The van der Waals surface area contributed by atoms with Crippen molar-refractivity contribution in [2.45, 2.75) is 20.0 Å². The first-order chi connectivity index (χ1) is 10.9. The van der Waals surface area contributed by atoms with Crippen LogP contribution in [0.15, 0.2) is 18.2 Å². The second-order valence-corrected chi connectivity index (χ2v) is 4.43. The molecule has 0 bridgehead atoms. The van der Waals surface area contributed by atoms with Gasteiger partial charge in [0.15, 0.2) is 6.10 Å². The van der Waals surface area contributed by atoms with Crippen LogP contribution < -0.4 is 20.1 Å². The van der Waals surface area contributed by atoms with E-state index in [4.69, 9.17) is 14.2 Å².